The summed E-state index contributed by atoms with van der Waals surface area (Å²) >= 11 is 5.96. The molecule has 26 heavy (non-hydrogen) atoms. The van der Waals surface area contributed by atoms with Gasteiger partial charge in [-0.3, -0.25) is 14.5 Å². The quantitative estimate of drug-likeness (QED) is 0.719. The van der Waals surface area contributed by atoms with Crippen LogP contribution in [0.2, 0.25) is 5.02 Å². The third-order valence-electron chi connectivity index (χ3n) is 4.03. The Morgan fingerprint density at radius 3 is 2.69 bits per heavy atom. The van der Waals surface area contributed by atoms with Crippen LogP contribution in [-0.4, -0.2) is 75.0 Å². The van der Waals surface area contributed by atoms with Crippen LogP contribution in [0.25, 0.3) is 0 Å². The molecule has 0 spiro atoms. The van der Waals surface area contributed by atoms with Crippen molar-refractivity contribution >= 4 is 41.5 Å². The fourth-order valence-corrected chi connectivity index (χ4v) is 2.82. The first-order valence-electron chi connectivity index (χ1n) is 8.30. The topological polar surface area (TPSA) is 73.9 Å². The van der Waals surface area contributed by atoms with Crippen molar-refractivity contribution in [2.45, 2.75) is 6.42 Å². The highest BCUT2D eigenvalue weighted by molar-refractivity contribution is 6.31. The van der Waals surface area contributed by atoms with Crippen LogP contribution in [0.15, 0.2) is 18.2 Å². The van der Waals surface area contributed by atoms with Crippen LogP contribution < -0.4 is 15.4 Å². The van der Waals surface area contributed by atoms with E-state index in [-0.39, 0.29) is 30.8 Å². The third kappa shape index (κ3) is 6.99. The van der Waals surface area contributed by atoms with Crippen molar-refractivity contribution in [1.82, 2.24) is 15.1 Å². The van der Waals surface area contributed by atoms with E-state index >= 15 is 0 Å². The van der Waals surface area contributed by atoms with E-state index in [1.165, 1.54) is 7.11 Å². The number of rotatable bonds is 7. The summed E-state index contributed by atoms with van der Waals surface area (Å²) in [6, 6.07) is 5.05. The SMILES string of the molecule is COc1ccc(Cl)cc1NC(=O)CN(C)CCC(=O)N1CCNCC1.Cl. The molecule has 1 fully saturated rings. The van der Waals surface area contributed by atoms with Crippen LogP contribution in [0.3, 0.4) is 0 Å². The van der Waals surface area contributed by atoms with Gasteiger partial charge in [0.15, 0.2) is 0 Å². The molecule has 1 heterocycles. The van der Waals surface area contributed by atoms with Crippen molar-refractivity contribution in [1.29, 1.82) is 0 Å². The van der Waals surface area contributed by atoms with Gasteiger partial charge in [0.2, 0.25) is 11.8 Å². The Labute approximate surface area is 165 Å². The van der Waals surface area contributed by atoms with Gasteiger partial charge in [-0.05, 0) is 25.2 Å². The summed E-state index contributed by atoms with van der Waals surface area (Å²) in [5, 5.41) is 6.53. The molecule has 9 heteroatoms. The molecular weight excluding hydrogens is 379 g/mol. The molecule has 0 saturated carbocycles. The zero-order chi connectivity index (χ0) is 18.2. The lowest BCUT2D eigenvalue weighted by Gasteiger charge is -2.28. The Balaban J connectivity index is 0.00000338. The van der Waals surface area contributed by atoms with E-state index < -0.39 is 0 Å². The molecule has 2 N–H and O–H groups in total. The van der Waals surface area contributed by atoms with E-state index in [4.69, 9.17) is 16.3 Å². The highest BCUT2D eigenvalue weighted by Crippen LogP contribution is 2.27. The highest BCUT2D eigenvalue weighted by Gasteiger charge is 2.17. The molecule has 2 rings (SSSR count). The van der Waals surface area contributed by atoms with Crippen molar-refractivity contribution < 1.29 is 14.3 Å². The largest absolute Gasteiger partial charge is 0.495 e. The Morgan fingerprint density at radius 1 is 1.35 bits per heavy atom. The van der Waals surface area contributed by atoms with Crippen molar-refractivity contribution in [3.8, 4) is 5.75 Å². The van der Waals surface area contributed by atoms with Gasteiger partial charge in [0.1, 0.15) is 5.75 Å². The van der Waals surface area contributed by atoms with E-state index in [9.17, 15) is 9.59 Å². The number of hydrogen-bond donors (Lipinski definition) is 2. The molecule has 7 nitrogen and oxygen atoms in total. The second-order valence-electron chi connectivity index (χ2n) is 6.01. The molecule has 0 aromatic heterocycles. The Hall–Kier alpha value is -1.54. The lowest BCUT2D eigenvalue weighted by Crippen LogP contribution is -2.47. The number of piperazine rings is 1. The van der Waals surface area contributed by atoms with Crippen LogP contribution in [-0.2, 0) is 9.59 Å². The number of amides is 2. The van der Waals surface area contributed by atoms with Gasteiger partial charge >= 0.3 is 0 Å². The Kier molecular flexibility index (Phi) is 9.72. The summed E-state index contributed by atoms with van der Waals surface area (Å²) in [5.74, 6) is 0.497. The van der Waals surface area contributed by atoms with Crippen molar-refractivity contribution in [3.63, 3.8) is 0 Å². The molecule has 2 amide bonds. The number of halogens is 2. The molecular formula is C17H26Cl2N4O3. The van der Waals surface area contributed by atoms with E-state index in [1.54, 1.807) is 18.2 Å². The molecule has 1 aliphatic heterocycles. The molecule has 0 bridgehead atoms. The van der Waals surface area contributed by atoms with E-state index in [0.717, 1.165) is 26.2 Å². The van der Waals surface area contributed by atoms with Gasteiger partial charge < -0.3 is 20.3 Å². The van der Waals surface area contributed by atoms with Gasteiger partial charge in [0.25, 0.3) is 0 Å². The third-order valence-corrected chi connectivity index (χ3v) is 4.26. The minimum absolute atomic E-state index is 0. The number of carbonyl (C=O) groups is 2. The van der Waals surface area contributed by atoms with Crippen LogP contribution in [0, 0.1) is 0 Å². The maximum Gasteiger partial charge on any atom is 0.238 e. The maximum atomic E-state index is 12.2. The summed E-state index contributed by atoms with van der Waals surface area (Å²) in [5.41, 5.74) is 0.533. The summed E-state index contributed by atoms with van der Waals surface area (Å²) in [4.78, 5) is 28.0. The van der Waals surface area contributed by atoms with Gasteiger partial charge in [-0.15, -0.1) is 12.4 Å². The van der Waals surface area contributed by atoms with Crippen molar-refractivity contribution in [3.05, 3.63) is 23.2 Å². The summed E-state index contributed by atoms with van der Waals surface area (Å²) < 4.78 is 5.21. The Bertz CT molecular complexity index is 610. The number of likely N-dealkylation sites (N-methyl/N-ethyl adjacent to an activating group) is 1. The zero-order valence-corrected chi connectivity index (χ0v) is 16.7. The average Bonchev–Trinajstić information content (AvgIpc) is 2.60. The van der Waals surface area contributed by atoms with Gasteiger partial charge in [-0.2, -0.15) is 0 Å². The smallest absolute Gasteiger partial charge is 0.238 e. The molecule has 1 aromatic rings. The second-order valence-corrected chi connectivity index (χ2v) is 6.45. The predicted octanol–water partition coefficient (Wildman–Crippen LogP) is 1.46. The number of hydrogen-bond acceptors (Lipinski definition) is 5. The van der Waals surface area contributed by atoms with Crippen LogP contribution in [0.4, 0.5) is 5.69 Å². The molecule has 0 unspecified atom stereocenters. The maximum absolute atomic E-state index is 12.2. The van der Waals surface area contributed by atoms with Gasteiger partial charge in [0, 0.05) is 44.2 Å². The first-order chi connectivity index (χ1) is 12.0. The van der Waals surface area contributed by atoms with E-state index in [0.29, 0.717) is 29.4 Å². The van der Waals surface area contributed by atoms with Crippen LogP contribution >= 0.6 is 24.0 Å². The fraction of sp³-hybridized carbons (Fsp3) is 0.529. The second kappa shape index (κ2) is 11.2. The molecule has 1 aliphatic rings. The molecule has 0 atom stereocenters. The summed E-state index contributed by atoms with van der Waals surface area (Å²) in [7, 11) is 3.35. The summed E-state index contributed by atoms with van der Waals surface area (Å²) in [6.07, 6.45) is 0.407. The monoisotopic (exact) mass is 404 g/mol. The van der Waals surface area contributed by atoms with Crippen LogP contribution in [0.5, 0.6) is 5.75 Å². The number of methoxy groups -OCH3 is 1. The minimum Gasteiger partial charge on any atom is -0.495 e. The number of benzene rings is 1. The number of nitrogens with one attached hydrogen (secondary N) is 2. The number of nitrogens with zero attached hydrogens (tertiary/aromatic N) is 2. The lowest BCUT2D eigenvalue weighted by atomic mass is 10.2. The number of carbonyl (C=O) groups excluding carboxylic acids is 2. The normalized spacial score (nSPS) is 13.9. The number of ether oxygens (including phenoxy) is 1. The molecule has 0 radical (unpaired) electrons. The molecule has 1 saturated heterocycles. The summed E-state index contributed by atoms with van der Waals surface area (Å²) in [6.45, 7) is 3.89. The van der Waals surface area contributed by atoms with Gasteiger partial charge in [0.05, 0.1) is 19.3 Å². The first-order valence-corrected chi connectivity index (χ1v) is 8.68. The predicted molar refractivity (Wildman–Crippen MR) is 105 cm³/mol. The highest BCUT2D eigenvalue weighted by atomic mass is 35.5. The van der Waals surface area contributed by atoms with Gasteiger partial charge in [-0.1, -0.05) is 11.6 Å². The number of anilines is 1. The van der Waals surface area contributed by atoms with Crippen LogP contribution in [0.1, 0.15) is 6.42 Å². The Morgan fingerprint density at radius 2 is 2.04 bits per heavy atom. The fourth-order valence-electron chi connectivity index (χ4n) is 2.65. The van der Waals surface area contributed by atoms with E-state index in [1.807, 2.05) is 16.8 Å². The van der Waals surface area contributed by atoms with Gasteiger partial charge in [-0.25, -0.2) is 0 Å². The molecule has 0 aliphatic carbocycles. The minimum atomic E-state index is -0.183. The molecule has 146 valence electrons. The first kappa shape index (κ1) is 22.5. The lowest BCUT2D eigenvalue weighted by molar-refractivity contribution is -0.132. The van der Waals surface area contributed by atoms with E-state index in [2.05, 4.69) is 10.6 Å². The van der Waals surface area contributed by atoms with Crippen molar-refractivity contribution in [2.24, 2.45) is 0 Å². The average molecular weight is 405 g/mol. The zero-order valence-electron chi connectivity index (χ0n) is 15.1. The van der Waals surface area contributed by atoms with Crippen molar-refractivity contribution in [2.75, 3.05) is 58.7 Å². The molecule has 1 aromatic carbocycles. The standard InChI is InChI=1S/C17H25ClN4O3.ClH/c1-21(8-5-17(24)22-9-6-19-7-10-22)12-16(23)20-14-11-13(18)3-4-15(14)25-2;/h3-4,11,19H,5-10,12H2,1-2H3,(H,20,23);1H.